The fourth-order valence-electron chi connectivity index (χ4n) is 3.13. The quantitative estimate of drug-likeness (QED) is 0.670. The van der Waals surface area contributed by atoms with E-state index in [0.717, 1.165) is 30.5 Å². The molecule has 0 aliphatic heterocycles. The molecule has 0 fully saturated rings. The number of halogens is 1. The van der Waals surface area contributed by atoms with E-state index in [1.54, 1.807) is 24.3 Å². The molecule has 0 atom stereocenters. The molecule has 2 heterocycles. The fourth-order valence-corrected chi connectivity index (χ4v) is 3.13. The number of para-hydroxylation sites is 1. The first-order chi connectivity index (χ1) is 13.2. The second-order valence-corrected chi connectivity index (χ2v) is 5.99. The van der Waals surface area contributed by atoms with Crippen molar-refractivity contribution in [2.75, 3.05) is 12.5 Å². The molecule has 0 unspecified atom stereocenters. The van der Waals surface area contributed by atoms with Gasteiger partial charge in [-0.3, -0.25) is 15.6 Å². The molecular weight excluding hydrogens is 351 g/mol. The van der Waals surface area contributed by atoms with Gasteiger partial charge in [-0.05, 0) is 31.4 Å². The average molecular weight is 368 g/mol. The summed E-state index contributed by atoms with van der Waals surface area (Å²) in [6.07, 6.45) is 3.87. The summed E-state index contributed by atoms with van der Waals surface area (Å²) in [5.41, 5.74) is 7.48. The van der Waals surface area contributed by atoms with Crippen LogP contribution < -0.4 is 15.6 Å². The van der Waals surface area contributed by atoms with Gasteiger partial charge < -0.3 is 4.74 Å². The molecule has 3 aromatic rings. The van der Waals surface area contributed by atoms with Gasteiger partial charge in [-0.25, -0.2) is 14.1 Å². The Labute approximate surface area is 154 Å². The largest absolute Gasteiger partial charge is 0.481 e. The Morgan fingerprint density at radius 1 is 1.26 bits per heavy atom. The van der Waals surface area contributed by atoms with Crippen molar-refractivity contribution in [2.45, 2.75) is 19.3 Å². The summed E-state index contributed by atoms with van der Waals surface area (Å²) in [5.74, 6) is -0.265. The van der Waals surface area contributed by atoms with Gasteiger partial charge in [-0.1, -0.05) is 12.1 Å². The third-order valence-electron chi connectivity index (χ3n) is 4.35. The third-order valence-corrected chi connectivity index (χ3v) is 4.35. The molecule has 1 aliphatic carbocycles. The van der Waals surface area contributed by atoms with Crippen LogP contribution in [0.25, 0.3) is 5.69 Å². The molecule has 9 heteroatoms. The van der Waals surface area contributed by atoms with Crippen LogP contribution in [0.5, 0.6) is 5.88 Å². The molecule has 0 saturated heterocycles. The summed E-state index contributed by atoms with van der Waals surface area (Å²) in [5, 5.41) is 4.37. The number of rotatable bonds is 5. The molecule has 1 aromatic carbocycles. The van der Waals surface area contributed by atoms with Crippen LogP contribution in [0, 0.1) is 5.82 Å². The standard InChI is InChI=1S/C18H17FN6O2/c1-27-15-9-10-20-18(21-15)23-22-17(26)16-11-5-4-8-13(11)25(24-16)14-7-3-2-6-12(14)19/h2-3,6-7,9-10H,4-5,8H2,1H3,(H,22,26)(H,20,21,23). The number of benzene rings is 1. The van der Waals surface area contributed by atoms with E-state index in [1.165, 1.54) is 24.1 Å². The number of carbonyl (C=O) groups excluding carboxylic acids is 1. The number of fused-ring (bicyclic) bond motifs is 1. The molecule has 27 heavy (non-hydrogen) atoms. The van der Waals surface area contributed by atoms with Crippen LogP contribution in [0.2, 0.25) is 0 Å². The molecule has 138 valence electrons. The van der Waals surface area contributed by atoms with Crippen molar-refractivity contribution in [3.63, 3.8) is 0 Å². The van der Waals surface area contributed by atoms with Crippen LogP contribution in [-0.4, -0.2) is 32.8 Å². The average Bonchev–Trinajstić information content (AvgIpc) is 3.30. The zero-order valence-electron chi connectivity index (χ0n) is 14.6. The predicted octanol–water partition coefficient (Wildman–Crippen LogP) is 2.06. The van der Waals surface area contributed by atoms with E-state index in [4.69, 9.17) is 4.74 Å². The topological polar surface area (TPSA) is 94.0 Å². The maximum atomic E-state index is 14.2. The minimum atomic E-state index is -0.436. The van der Waals surface area contributed by atoms with Crippen LogP contribution in [0.1, 0.15) is 28.2 Å². The molecule has 0 saturated carbocycles. The van der Waals surface area contributed by atoms with E-state index in [0.29, 0.717) is 11.6 Å². The summed E-state index contributed by atoms with van der Waals surface area (Å²) in [4.78, 5) is 20.7. The number of hydrogen-bond acceptors (Lipinski definition) is 6. The number of amides is 1. The van der Waals surface area contributed by atoms with Crippen LogP contribution in [0.3, 0.4) is 0 Å². The lowest BCUT2D eigenvalue weighted by Crippen LogP contribution is -2.31. The summed E-state index contributed by atoms with van der Waals surface area (Å²) in [7, 11) is 1.49. The molecular formula is C18H17FN6O2. The molecule has 2 aromatic heterocycles. The lowest BCUT2D eigenvalue weighted by atomic mass is 10.2. The molecule has 8 nitrogen and oxygen atoms in total. The summed E-state index contributed by atoms with van der Waals surface area (Å²) in [6, 6.07) is 7.97. The van der Waals surface area contributed by atoms with Crippen molar-refractivity contribution >= 4 is 11.9 Å². The number of hydrazine groups is 1. The van der Waals surface area contributed by atoms with Gasteiger partial charge in [0.2, 0.25) is 11.8 Å². The second kappa shape index (κ2) is 7.02. The first-order valence-electron chi connectivity index (χ1n) is 8.46. The SMILES string of the molecule is COc1ccnc(NNC(=O)c2nn(-c3ccccc3F)c3c2CCC3)n1. The van der Waals surface area contributed by atoms with Crippen molar-refractivity contribution in [2.24, 2.45) is 0 Å². The molecule has 2 N–H and O–H groups in total. The zero-order valence-corrected chi connectivity index (χ0v) is 14.6. The smallest absolute Gasteiger partial charge is 0.290 e. The number of hydrogen-bond donors (Lipinski definition) is 2. The molecule has 0 spiro atoms. The van der Waals surface area contributed by atoms with Crippen molar-refractivity contribution in [1.82, 2.24) is 25.2 Å². The van der Waals surface area contributed by atoms with Gasteiger partial charge in [-0.15, -0.1) is 0 Å². The van der Waals surface area contributed by atoms with E-state index in [1.807, 2.05) is 0 Å². The molecule has 1 amide bonds. The van der Waals surface area contributed by atoms with Gasteiger partial charge in [0.25, 0.3) is 5.91 Å². The Balaban J connectivity index is 1.59. The van der Waals surface area contributed by atoms with Crippen LogP contribution in [0.15, 0.2) is 36.5 Å². The van der Waals surface area contributed by atoms with Gasteiger partial charge in [0, 0.05) is 23.5 Å². The Morgan fingerprint density at radius 2 is 2.11 bits per heavy atom. The lowest BCUT2D eigenvalue weighted by molar-refractivity contribution is 0.0956. The number of carbonyl (C=O) groups is 1. The number of anilines is 1. The predicted molar refractivity (Wildman–Crippen MR) is 95.2 cm³/mol. The van der Waals surface area contributed by atoms with E-state index >= 15 is 0 Å². The normalized spacial score (nSPS) is 12.5. The first-order valence-corrected chi connectivity index (χ1v) is 8.46. The highest BCUT2D eigenvalue weighted by molar-refractivity contribution is 5.94. The Bertz CT molecular complexity index is 1000. The first kappa shape index (κ1) is 17.0. The van der Waals surface area contributed by atoms with E-state index in [-0.39, 0.29) is 17.5 Å². The Morgan fingerprint density at radius 3 is 2.93 bits per heavy atom. The van der Waals surface area contributed by atoms with Crippen molar-refractivity contribution in [1.29, 1.82) is 0 Å². The monoisotopic (exact) mass is 368 g/mol. The summed E-state index contributed by atoms with van der Waals surface area (Å²) < 4.78 is 20.7. The summed E-state index contributed by atoms with van der Waals surface area (Å²) >= 11 is 0. The highest BCUT2D eigenvalue weighted by Gasteiger charge is 2.27. The fraction of sp³-hybridized carbons (Fsp3) is 0.222. The number of methoxy groups -OCH3 is 1. The Hall–Kier alpha value is -3.49. The number of ether oxygens (including phenoxy) is 1. The van der Waals surface area contributed by atoms with Crippen LogP contribution in [-0.2, 0) is 12.8 Å². The van der Waals surface area contributed by atoms with Crippen molar-refractivity contribution in [3.05, 3.63) is 59.3 Å². The van der Waals surface area contributed by atoms with Crippen molar-refractivity contribution in [3.8, 4) is 11.6 Å². The molecule has 1 aliphatic rings. The number of aromatic nitrogens is 4. The molecule has 0 bridgehead atoms. The van der Waals surface area contributed by atoms with Crippen LogP contribution >= 0.6 is 0 Å². The highest BCUT2D eigenvalue weighted by atomic mass is 19.1. The molecule has 4 rings (SSSR count). The maximum Gasteiger partial charge on any atom is 0.290 e. The van der Waals surface area contributed by atoms with Crippen LogP contribution in [0.4, 0.5) is 10.3 Å². The van der Waals surface area contributed by atoms with Gasteiger partial charge in [0.1, 0.15) is 11.5 Å². The third kappa shape index (κ3) is 3.19. The number of nitrogens with one attached hydrogen (secondary N) is 2. The maximum absolute atomic E-state index is 14.2. The zero-order chi connectivity index (χ0) is 18.8. The number of nitrogens with zero attached hydrogens (tertiary/aromatic N) is 4. The lowest BCUT2D eigenvalue weighted by Gasteiger charge is -2.07. The minimum absolute atomic E-state index is 0.188. The van der Waals surface area contributed by atoms with Gasteiger partial charge in [-0.2, -0.15) is 10.1 Å². The second-order valence-electron chi connectivity index (χ2n) is 5.99. The highest BCUT2D eigenvalue weighted by Crippen LogP contribution is 2.28. The minimum Gasteiger partial charge on any atom is -0.481 e. The van der Waals surface area contributed by atoms with Crippen molar-refractivity contribution < 1.29 is 13.9 Å². The van der Waals surface area contributed by atoms with E-state index in [2.05, 4.69) is 25.9 Å². The van der Waals surface area contributed by atoms with Gasteiger partial charge >= 0.3 is 0 Å². The summed E-state index contributed by atoms with van der Waals surface area (Å²) in [6.45, 7) is 0. The van der Waals surface area contributed by atoms with Gasteiger partial charge in [0.05, 0.1) is 7.11 Å². The van der Waals surface area contributed by atoms with Gasteiger partial charge in [0.15, 0.2) is 5.69 Å². The Kier molecular flexibility index (Phi) is 4.41. The van der Waals surface area contributed by atoms with E-state index in [9.17, 15) is 9.18 Å². The molecule has 0 radical (unpaired) electrons. The van der Waals surface area contributed by atoms with E-state index < -0.39 is 5.91 Å².